The first-order chi connectivity index (χ1) is 9.60. The number of hydrogen-bond donors (Lipinski definition) is 2. The predicted molar refractivity (Wildman–Crippen MR) is 72.2 cm³/mol. The van der Waals surface area contributed by atoms with Gasteiger partial charge in [0.2, 0.25) is 0 Å². The van der Waals surface area contributed by atoms with Crippen LogP contribution in [-0.4, -0.2) is 41.2 Å². The van der Waals surface area contributed by atoms with Crippen molar-refractivity contribution in [3.05, 3.63) is 35.7 Å². The fraction of sp³-hybridized carbons (Fsp3) is 0.357. The van der Waals surface area contributed by atoms with E-state index in [0.717, 1.165) is 18.9 Å². The third-order valence-electron chi connectivity index (χ3n) is 3.22. The molecule has 2 rings (SSSR count). The zero-order chi connectivity index (χ0) is 14.5. The monoisotopic (exact) mass is 276 g/mol. The number of ether oxygens (including phenoxy) is 1. The summed E-state index contributed by atoms with van der Waals surface area (Å²) in [4.78, 5) is 26.7. The zero-order valence-corrected chi connectivity index (χ0v) is 11.1. The average Bonchev–Trinajstić information content (AvgIpc) is 2.40. The predicted octanol–water partition coefficient (Wildman–Crippen LogP) is 1.09. The molecular weight excluding hydrogens is 260 g/mol. The molecular formula is C14H16N2O4. The molecule has 6 heteroatoms. The fourth-order valence-electron chi connectivity index (χ4n) is 2.03. The van der Waals surface area contributed by atoms with Crippen LogP contribution in [0.2, 0.25) is 0 Å². The molecule has 1 amide bonds. The van der Waals surface area contributed by atoms with E-state index in [1.165, 1.54) is 12.3 Å². The van der Waals surface area contributed by atoms with E-state index in [1.54, 1.807) is 19.2 Å². The van der Waals surface area contributed by atoms with Gasteiger partial charge in [-0.2, -0.15) is 0 Å². The van der Waals surface area contributed by atoms with Gasteiger partial charge in [0.05, 0.1) is 6.10 Å². The maximum Gasteiger partial charge on any atom is 0.328 e. The minimum Gasteiger partial charge on any atom is -0.478 e. The SMILES string of the molecule is COC1CC(NC(=O)c2ncccc2/C=C/C(=O)O)C1. The molecule has 6 nitrogen and oxygen atoms in total. The second kappa shape index (κ2) is 6.29. The molecule has 0 bridgehead atoms. The van der Waals surface area contributed by atoms with E-state index in [9.17, 15) is 9.59 Å². The van der Waals surface area contributed by atoms with Crippen LogP contribution in [0.15, 0.2) is 24.4 Å². The van der Waals surface area contributed by atoms with Crippen molar-refractivity contribution in [2.75, 3.05) is 7.11 Å². The Bertz CT molecular complexity index is 536. The Morgan fingerprint density at radius 3 is 2.90 bits per heavy atom. The molecule has 0 aliphatic heterocycles. The fourth-order valence-corrected chi connectivity index (χ4v) is 2.03. The number of aliphatic carboxylic acids is 1. The van der Waals surface area contributed by atoms with Crippen LogP contribution in [-0.2, 0) is 9.53 Å². The Hall–Kier alpha value is -2.21. The number of carboxylic acid groups (broad SMARTS) is 1. The number of methoxy groups -OCH3 is 1. The Labute approximate surface area is 116 Å². The molecule has 106 valence electrons. The number of nitrogens with one attached hydrogen (secondary N) is 1. The number of nitrogens with zero attached hydrogens (tertiary/aromatic N) is 1. The maximum absolute atomic E-state index is 12.1. The minimum atomic E-state index is -1.07. The smallest absolute Gasteiger partial charge is 0.328 e. The molecule has 0 saturated heterocycles. The summed E-state index contributed by atoms with van der Waals surface area (Å²) < 4.78 is 5.15. The van der Waals surface area contributed by atoms with E-state index in [2.05, 4.69) is 10.3 Å². The van der Waals surface area contributed by atoms with Crippen LogP contribution in [0.3, 0.4) is 0 Å². The third-order valence-corrected chi connectivity index (χ3v) is 3.22. The lowest BCUT2D eigenvalue weighted by Crippen LogP contribution is -2.47. The van der Waals surface area contributed by atoms with Crippen LogP contribution in [0, 0.1) is 0 Å². The lowest BCUT2D eigenvalue weighted by atomic mass is 9.89. The molecule has 1 aliphatic rings. The Kier molecular flexibility index (Phi) is 4.47. The molecule has 1 aromatic rings. The number of hydrogen-bond acceptors (Lipinski definition) is 4. The standard InChI is InChI=1S/C14H16N2O4/c1-20-11-7-10(8-11)16-14(19)13-9(3-2-6-15-13)4-5-12(17)18/h2-6,10-11H,7-8H2,1H3,(H,16,19)(H,17,18)/b5-4+. The second-order valence-corrected chi connectivity index (χ2v) is 4.61. The first-order valence-corrected chi connectivity index (χ1v) is 6.30. The van der Waals surface area contributed by atoms with Gasteiger partial charge < -0.3 is 15.2 Å². The van der Waals surface area contributed by atoms with Gasteiger partial charge in [0, 0.05) is 31.0 Å². The van der Waals surface area contributed by atoms with Gasteiger partial charge in [-0.1, -0.05) is 6.07 Å². The van der Waals surface area contributed by atoms with Crippen LogP contribution in [0.4, 0.5) is 0 Å². The summed E-state index contributed by atoms with van der Waals surface area (Å²) in [5.41, 5.74) is 0.709. The van der Waals surface area contributed by atoms with Gasteiger partial charge in [0.15, 0.2) is 0 Å². The van der Waals surface area contributed by atoms with Gasteiger partial charge in [-0.25, -0.2) is 4.79 Å². The second-order valence-electron chi connectivity index (χ2n) is 4.61. The lowest BCUT2D eigenvalue weighted by Gasteiger charge is -2.34. The van der Waals surface area contributed by atoms with Crippen LogP contribution >= 0.6 is 0 Å². The van der Waals surface area contributed by atoms with Crippen molar-refractivity contribution >= 4 is 18.0 Å². The minimum absolute atomic E-state index is 0.0887. The number of amides is 1. The van der Waals surface area contributed by atoms with E-state index in [0.29, 0.717) is 5.56 Å². The van der Waals surface area contributed by atoms with Crippen molar-refractivity contribution in [2.45, 2.75) is 25.0 Å². The van der Waals surface area contributed by atoms with Crippen molar-refractivity contribution < 1.29 is 19.4 Å². The quantitative estimate of drug-likeness (QED) is 0.786. The molecule has 0 unspecified atom stereocenters. The summed E-state index contributed by atoms with van der Waals surface area (Å²) in [5.74, 6) is -1.36. The molecule has 1 aromatic heterocycles. The molecule has 1 heterocycles. The molecule has 0 spiro atoms. The number of aromatic nitrogens is 1. The number of pyridine rings is 1. The van der Waals surface area contributed by atoms with E-state index in [4.69, 9.17) is 9.84 Å². The van der Waals surface area contributed by atoms with Crippen molar-refractivity contribution in [1.82, 2.24) is 10.3 Å². The molecule has 2 N–H and O–H groups in total. The summed E-state index contributed by atoms with van der Waals surface area (Å²) in [6.45, 7) is 0. The molecule has 20 heavy (non-hydrogen) atoms. The Morgan fingerprint density at radius 1 is 1.50 bits per heavy atom. The average molecular weight is 276 g/mol. The Morgan fingerprint density at radius 2 is 2.25 bits per heavy atom. The van der Waals surface area contributed by atoms with Gasteiger partial charge in [0.25, 0.3) is 5.91 Å². The normalized spacial score (nSPS) is 21.4. The summed E-state index contributed by atoms with van der Waals surface area (Å²) in [7, 11) is 1.65. The van der Waals surface area contributed by atoms with E-state index >= 15 is 0 Å². The number of carboxylic acids is 1. The summed E-state index contributed by atoms with van der Waals surface area (Å²) in [6, 6.07) is 3.40. The van der Waals surface area contributed by atoms with Gasteiger partial charge >= 0.3 is 5.97 Å². The highest BCUT2D eigenvalue weighted by molar-refractivity contribution is 5.97. The Balaban J connectivity index is 2.04. The number of carbonyl (C=O) groups is 2. The van der Waals surface area contributed by atoms with E-state index < -0.39 is 5.97 Å². The molecule has 0 aromatic carbocycles. The van der Waals surface area contributed by atoms with Gasteiger partial charge in [-0.3, -0.25) is 9.78 Å². The summed E-state index contributed by atoms with van der Waals surface area (Å²) in [6.07, 6.45) is 5.63. The third kappa shape index (κ3) is 3.42. The summed E-state index contributed by atoms with van der Waals surface area (Å²) >= 11 is 0. The number of rotatable bonds is 5. The summed E-state index contributed by atoms with van der Waals surface area (Å²) in [5, 5.41) is 11.5. The van der Waals surface area contributed by atoms with Crippen molar-refractivity contribution in [3.63, 3.8) is 0 Å². The van der Waals surface area contributed by atoms with Gasteiger partial charge in [0.1, 0.15) is 5.69 Å². The lowest BCUT2D eigenvalue weighted by molar-refractivity contribution is -0.131. The first-order valence-electron chi connectivity index (χ1n) is 6.30. The molecule has 1 fully saturated rings. The van der Waals surface area contributed by atoms with Crippen molar-refractivity contribution in [1.29, 1.82) is 0 Å². The zero-order valence-electron chi connectivity index (χ0n) is 11.1. The van der Waals surface area contributed by atoms with Crippen molar-refractivity contribution in [3.8, 4) is 0 Å². The van der Waals surface area contributed by atoms with Gasteiger partial charge in [-0.05, 0) is 25.0 Å². The molecule has 1 aliphatic carbocycles. The highest BCUT2D eigenvalue weighted by atomic mass is 16.5. The molecule has 0 atom stereocenters. The van der Waals surface area contributed by atoms with E-state index in [-0.39, 0.29) is 23.7 Å². The maximum atomic E-state index is 12.1. The van der Waals surface area contributed by atoms with Gasteiger partial charge in [-0.15, -0.1) is 0 Å². The highest BCUT2D eigenvalue weighted by Gasteiger charge is 2.30. The first kappa shape index (κ1) is 14.2. The van der Waals surface area contributed by atoms with Crippen LogP contribution < -0.4 is 5.32 Å². The highest BCUT2D eigenvalue weighted by Crippen LogP contribution is 2.23. The van der Waals surface area contributed by atoms with Crippen molar-refractivity contribution in [2.24, 2.45) is 0 Å². The molecule has 1 saturated carbocycles. The van der Waals surface area contributed by atoms with Crippen LogP contribution in [0.5, 0.6) is 0 Å². The van der Waals surface area contributed by atoms with E-state index in [1.807, 2.05) is 0 Å². The number of carbonyl (C=O) groups excluding carboxylic acids is 1. The largest absolute Gasteiger partial charge is 0.478 e. The van der Waals surface area contributed by atoms with Crippen LogP contribution in [0.1, 0.15) is 28.9 Å². The molecule has 0 radical (unpaired) electrons. The van der Waals surface area contributed by atoms with Crippen LogP contribution in [0.25, 0.3) is 6.08 Å². The topological polar surface area (TPSA) is 88.5 Å².